The highest BCUT2D eigenvalue weighted by molar-refractivity contribution is 6.30. The lowest BCUT2D eigenvalue weighted by molar-refractivity contribution is -0.384. The van der Waals surface area contributed by atoms with Crippen LogP contribution in [0.1, 0.15) is 0 Å². The minimum Gasteiger partial charge on any atom is -0.363 e. The van der Waals surface area contributed by atoms with Gasteiger partial charge in [-0.15, -0.1) is 0 Å². The molecule has 0 aliphatic carbocycles. The molecule has 0 spiro atoms. The number of nitrogens with zero attached hydrogens (tertiary/aromatic N) is 3. The second kappa shape index (κ2) is 8.32. The molecule has 0 radical (unpaired) electrons. The second-order valence-electron chi connectivity index (χ2n) is 6.18. The monoisotopic (exact) mass is 392 g/mol. The number of benzene rings is 2. The number of amides is 1. The van der Waals surface area contributed by atoms with E-state index in [1.807, 2.05) is 9.80 Å². The molecule has 1 fully saturated rings. The zero-order chi connectivity index (χ0) is 19.4. The number of nitro benzene ring substituents is 1. The molecule has 1 saturated heterocycles. The summed E-state index contributed by atoms with van der Waals surface area (Å²) in [4.78, 5) is 26.8. The van der Waals surface area contributed by atoms with Crippen molar-refractivity contribution < 1.29 is 14.1 Å². The summed E-state index contributed by atoms with van der Waals surface area (Å²) in [5.74, 6) is -0.885. The fraction of sp³-hybridized carbons (Fsp3) is 0.278. The average molecular weight is 393 g/mol. The Morgan fingerprint density at radius 2 is 1.89 bits per heavy atom. The number of hydrogen-bond acceptors (Lipinski definition) is 5. The van der Waals surface area contributed by atoms with Gasteiger partial charge in [0.2, 0.25) is 5.91 Å². The molecule has 0 aromatic heterocycles. The lowest BCUT2D eigenvalue weighted by Gasteiger charge is -2.35. The number of carbonyl (C=O) groups excluding carboxylic acids is 1. The van der Waals surface area contributed by atoms with Crippen LogP contribution < -0.4 is 10.2 Å². The number of anilines is 2. The second-order valence-corrected chi connectivity index (χ2v) is 6.62. The predicted molar refractivity (Wildman–Crippen MR) is 102 cm³/mol. The summed E-state index contributed by atoms with van der Waals surface area (Å²) in [6, 6.07) is 10.6. The number of para-hydroxylation sites is 2. The number of carbonyl (C=O) groups is 1. The third-order valence-electron chi connectivity index (χ3n) is 4.36. The molecule has 0 saturated carbocycles. The highest BCUT2D eigenvalue weighted by atomic mass is 35.5. The van der Waals surface area contributed by atoms with E-state index in [1.165, 1.54) is 24.3 Å². The van der Waals surface area contributed by atoms with Crippen LogP contribution in [-0.2, 0) is 4.79 Å². The van der Waals surface area contributed by atoms with Crippen LogP contribution in [0.4, 0.5) is 21.5 Å². The molecule has 0 unspecified atom stereocenters. The Bertz CT molecular complexity index is 856. The van der Waals surface area contributed by atoms with E-state index >= 15 is 0 Å². The standard InChI is InChI=1S/C18H18ClFN4O3/c19-13-5-6-14(20)15(11-13)21-18(25)12-22-7-9-23(10-8-22)16-3-1-2-4-17(16)24(26)27/h1-6,11H,7-10,12H2,(H,21,25). The highest BCUT2D eigenvalue weighted by Crippen LogP contribution is 2.28. The fourth-order valence-corrected chi connectivity index (χ4v) is 3.19. The Morgan fingerprint density at radius 3 is 2.59 bits per heavy atom. The van der Waals surface area contributed by atoms with Crippen LogP contribution in [0.15, 0.2) is 42.5 Å². The van der Waals surface area contributed by atoms with Gasteiger partial charge < -0.3 is 10.2 Å². The summed E-state index contributed by atoms with van der Waals surface area (Å²) in [7, 11) is 0. The Balaban J connectivity index is 1.56. The third-order valence-corrected chi connectivity index (χ3v) is 4.60. The molecule has 0 atom stereocenters. The van der Waals surface area contributed by atoms with Crippen molar-refractivity contribution in [1.82, 2.24) is 4.90 Å². The quantitative estimate of drug-likeness (QED) is 0.624. The third kappa shape index (κ3) is 4.72. The fourth-order valence-electron chi connectivity index (χ4n) is 3.02. The van der Waals surface area contributed by atoms with Gasteiger partial charge in [0.15, 0.2) is 0 Å². The first-order valence-corrected chi connectivity index (χ1v) is 8.77. The van der Waals surface area contributed by atoms with Crippen molar-refractivity contribution in [3.63, 3.8) is 0 Å². The average Bonchev–Trinajstić information content (AvgIpc) is 2.65. The number of nitrogens with one attached hydrogen (secondary N) is 1. The maximum absolute atomic E-state index is 13.7. The van der Waals surface area contributed by atoms with Crippen molar-refractivity contribution >= 4 is 34.6 Å². The molecule has 1 aliphatic heterocycles. The first-order valence-electron chi connectivity index (χ1n) is 8.39. The summed E-state index contributed by atoms with van der Waals surface area (Å²) in [5.41, 5.74) is 0.693. The van der Waals surface area contributed by atoms with Crippen molar-refractivity contribution in [2.75, 3.05) is 42.9 Å². The minimum absolute atomic E-state index is 0.0473. The van der Waals surface area contributed by atoms with E-state index in [1.54, 1.807) is 18.2 Å². The van der Waals surface area contributed by atoms with Gasteiger partial charge in [-0.1, -0.05) is 23.7 Å². The Kier molecular flexibility index (Phi) is 5.88. The molecule has 9 heteroatoms. The van der Waals surface area contributed by atoms with Gasteiger partial charge in [0.1, 0.15) is 11.5 Å². The SMILES string of the molecule is O=C(CN1CCN(c2ccccc2[N+](=O)[O-])CC1)Nc1cc(Cl)ccc1F. The minimum atomic E-state index is -0.547. The Labute approximate surface area is 160 Å². The van der Waals surface area contributed by atoms with Crippen molar-refractivity contribution in [2.24, 2.45) is 0 Å². The summed E-state index contributed by atoms with van der Waals surface area (Å²) < 4.78 is 13.7. The lowest BCUT2D eigenvalue weighted by atomic mass is 10.2. The van der Waals surface area contributed by atoms with E-state index in [0.29, 0.717) is 36.9 Å². The molecule has 2 aromatic carbocycles. The van der Waals surface area contributed by atoms with E-state index in [4.69, 9.17) is 11.6 Å². The molecule has 142 valence electrons. The van der Waals surface area contributed by atoms with Gasteiger partial charge in [0, 0.05) is 37.3 Å². The van der Waals surface area contributed by atoms with Gasteiger partial charge in [-0.25, -0.2) is 4.39 Å². The zero-order valence-electron chi connectivity index (χ0n) is 14.4. The maximum atomic E-state index is 13.7. The van der Waals surface area contributed by atoms with E-state index in [-0.39, 0.29) is 23.8 Å². The van der Waals surface area contributed by atoms with Gasteiger partial charge in [-0.3, -0.25) is 19.8 Å². The Hall–Kier alpha value is -2.71. The molecular weight excluding hydrogens is 375 g/mol. The van der Waals surface area contributed by atoms with Crippen LogP contribution in [0.3, 0.4) is 0 Å². The van der Waals surface area contributed by atoms with E-state index in [0.717, 1.165) is 0 Å². The van der Waals surface area contributed by atoms with Crippen LogP contribution in [-0.4, -0.2) is 48.5 Å². The molecule has 27 heavy (non-hydrogen) atoms. The lowest BCUT2D eigenvalue weighted by Crippen LogP contribution is -2.48. The molecular formula is C18H18ClFN4O3. The summed E-state index contributed by atoms with van der Waals surface area (Å²) >= 11 is 5.82. The molecule has 1 amide bonds. The molecule has 1 aliphatic rings. The first kappa shape index (κ1) is 19.1. The van der Waals surface area contributed by atoms with Crippen LogP contribution in [0.2, 0.25) is 5.02 Å². The molecule has 2 aromatic rings. The highest BCUT2D eigenvalue weighted by Gasteiger charge is 2.24. The van der Waals surface area contributed by atoms with Gasteiger partial charge in [-0.2, -0.15) is 0 Å². The summed E-state index contributed by atoms with van der Waals surface area (Å²) in [6.45, 7) is 2.36. The Morgan fingerprint density at radius 1 is 1.19 bits per heavy atom. The van der Waals surface area contributed by atoms with Crippen molar-refractivity contribution in [1.29, 1.82) is 0 Å². The zero-order valence-corrected chi connectivity index (χ0v) is 15.2. The van der Waals surface area contributed by atoms with Crippen molar-refractivity contribution in [3.05, 3.63) is 63.4 Å². The van der Waals surface area contributed by atoms with Crippen LogP contribution in [0, 0.1) is 15.9 Å². The van der Waals surface area contributed by atoms with Gasteiger partial charge in [0.05, 0.1) is 17.2 Å². The summed E-state index contributed by atoms with van der Waals surface area (Å²) in [6.07, 6.45) is 0. The van der Waals surface area contributed by atoms with Crippen LogP contribution in [0.25, 0.3) is 0 Å². The largest absolute Gasteiger partial charge is 0.363 e. The van der Waals surface area contributed by atoms with Crippen LogP contribution >= 0.6 is 11.6 Å². The number of hydrogen-bond donors (Lipinski definition) is 1. The van der Waals surface area contributed by atoms with E-state index in [2.05, 4.69) is 5.32 Å². The maximum Gasteiger partial charge on any atom is 0.292 e. The predicted octanol–water partition coefficient (Wildman–Crippen LogP) is 3.15. The first-order chi connectivity index (χ1) is 12.9. The number of halogens is 2. The summed E-state index contributed by atoms with van der Waals surface area (Å²) in [5, 5.41) is 14.0. The van der Waals surface area contributed by atoms with Gasteiger partial charge in [-0.05, 0) is 24.3 Å². The molecule has 3 rings (SSSR count). The normalized spacial score (nSPS) is 14.8. The molecule has 1 heterocycles. The van der Waals surface area contributed by atoms with Crippen molar-refractivity contribution in [2.45, 2.75) is 0 Å². The number of nitro groups is 1. The number of piperazine rings is 1. The van der Waals surface area contributed by atoms with Crippen molar-refractivity contribution in [3.8, 4) is 0 Å². The van der Waals surface area contributed by atoms with E-state index in [9.17, 15) is 19.3 Å². The molecule has 0 bridgehead atoms. The number of rotatable bonds is 5. The van der Waals surface area contributed by atoms with E-state index < -0.39 is 10.7 Å². The smallest absolute Gasteiger partial charge is 0.292 e. The van der Waals surface area contributed by atoms with Gasteiger partial charge >= 0.3 is 0 Å². The topological polar surface area (TPSA) is 78.7 Å². The van der Waals surface area contributed by atoms with Gasteiger partial charge in [0.25, 0.3) is 5.69 Å². The molecule has 1 N–H and O–H groups in total. The van der Waals surface area contributed by atoms with Crippen LogP contribution in [0.5, 0.6) is 0 Å². The molecule has 7 nitrogen and oxygen atoms in total.